The van der Waals surface area contributed by atoms with Crippen LogP contribution in [0.1, 0.15) is 58.8 Å². The van der Waals surface area contributed by atoms with Crippen LogP contribution in [0.2, 0.25) is 0 Å². The second-order valence-electron chi connectivity index (χ2n) is 6.17. The normalized spacial score (nSPS) is 18.3. The summed E-state index contributed by atoms with van der Waals surface area (Å²) in [5.74, 6) is 1.73. The molecule has 0 aliphatic carbocycles. The molecule has 1 N–H and O–H groups in total. The first-order chi connectivity index (χ1) is 10.7. The van der Waals surface area contributed by atoms with Crippen LogP contribution in [0, 0.1) is 5.92 Å². The zero-order chi connectivity index (χ0) is 16.2. The second kappa shape index (κ2) is 13.9. The number of ether oxygens (including phenoxy) is 1. The number of rotatable bonds is 8. The van der Waals surface area contributed by atoms with E-state index in [9.17, 15) is 4.79 Å². The minimum atomic E-state index is -0.105. The Morgan fingerprint density at radius 2 is 2.04 bits per heavy atom. The van der Waals surface area contributed by atoms with Crippen molar-refractivity contribution in [1.82, 2.24) is 10.2 Å². The zero-order valence-electron chi connectivity index (χ0n) is 15.0. The molecule has 1 rings (SSSR count). The fraction of sp³-hybridized carbons (Fsp3) is 0.882. The fourth-order valence-corrected chi connectivity index (χ4v) is 2.83. The molecule has 0 aromatic heterocycles. The molecule has 136 valence electrons. The van der Waals surface area contributed by atoms with Crippen LogP contribution in [0.3, 0.4) is 0 Å². The molecule has 0 amide bonds. The van der Waals surface area contributed by atoms with Crippen LogP contribution in [-0.2, 0) is 9.53 Å². The molecule has 6 heteroatoms. The van der Waals surface area contributed by atoms with Gasteiger partial charge in [-0.1, -0.05) is 19.8 Å². The summed E-state index contributed by atoms with van der Waals surface area (Å²) in [6, 6.07) is 0. The van der Waals surface area contributed by atoms with Crippen LogP contribution < -0.4 is 5.32 Å². The molecule has 1 unspecified atom stereocenters. The number of hydrogen-bond donors (Lipinski definition) is 1. The Kier molecular flexibility index (Phi) is 13.5. The largest absolute Gasteiger partial charge is 0.469 e. The summed E-state index contributed by atoms with van der Waals surface area (Å²) in [5, 5.41) is 3.41. The summed E-state index contributed by atoms with van der Waals surface area (Å²) in [7, 11) is 1.45. The van der Waals surface area contributed by atoms with Crippen molar-refractivity contribution in [2.45, 2.75) is 58.8 Å². The molecule has 23 heavy (non-hydrogen) atoms. The van der Waals surface area contributed by atoms with Crippen molar-refractivity contribution >= 4 is 35.9 Å². The fourth-order valence-electron chi connectivity index (χ4n) is 2.83. The first kappa shape index (κ1) is 22.5. The zero-order valence-corrected chi connectivity index (χ0v) is 17.3. The maximum Gasteiger partial charge on any atom is 0.305 e. The number of nitrogens with zero attached hydrogens (tertiary/aromatic N) is 2. The van der Waals surface area contributed by atoms with Gasteiger partial charge >= 0.3 is 5.97 Å². The Morgan fingerprint density at radius 1 is 1.30 bits per heavy atom. The first-order valence-corrected chi connectivity index (χ1v) is 8.77. The molecule has 0 saturated carbocycles. The number of halogens is 1. The van der Waals surface area contributed by atoms with Gasteiger partial charge in [-0.3, -0.25) is 9.79 Å². The van der Waals surface area contributed by atoms with E-state index in [-0.39, 0.29) is 29.9 Å². The monoisotopic (exact) mass is 439 g/mol. The molecule has 1 aliphatic rings. The van der Waals surface area contributed by atoms with Gasteiger partial charge in [-0.05, 0) is 38.5 Å². The van der Waals surface area contributed by atoms with Gasteiger partial charge in [-0.2, -0.15) is 0 Å². The number of hydrogen-bond acceptors (Lipinski definition) is 3. The Labute approximate surface area is 158 Å². The summed E-state index contributed by atoms with van der Waals surface area (Å²) in [6.07, 6.45) is 7.32. The smallest absolute Gasteiger partial charge is 0.305 e. The molecule has 1 saturated heterocycles. The van der Waals surface area contributed by atoms with Gasteiger partial charge in [-0.15, -0.1) is 24.0 Å². The van der Waals surface area contributed by atoms with E-state index in [1.54, 1.807) is 0 Å². The SMILES string of the molecule is CCNC(=NCCCCCCC(=O)OC)N1CCCC(C)C1.I. The Bertz CT molecular complexity index is 351. The summed E-state index contributed by atoms with van der Waals surface area (Å²) in [4.78, 5) is 18.2. The lowest BCUT2D eigenvalue weighted by atomic mass is 10.0. The number of aliphatic imine (C=N–C) groups is 1. The number of guanidine groups is 1. The predicted octanol–water partition coefficient (Wildman–Crippen LogP) is 3.43. The van der Waals surface area contributed by atoms with E-state index in [0.29, 0.717) is 6.42 Å². The third kappa shape index (κ3) is 10.0. The molecule has 1 aliphatic heterocycles. The molecule has 0 radical (unpaired) electrons. The molecule has 0 aromatic rings. The van der Waals surface area contributed by atoms with E-state index in [2.05, 4.69) is 28.8 Å². The topological polar surface area (TPSA) is 53.9 Å². The highest BCUT2D eigenvalue weighted by atomic mass is 127. The van der Waals surface area contributed by atoms with Crippen molar-refractivity contribution in [3.05, 3.63) is 0 Å². The summed E-state index contributed by atoms with van der Waals surface area (Å²) in [5.41, 5.74) is 0. The van der Waals surface area contributed by atoms with Gasteiger partial charge in [0.15, 0.2) is 5.96 Å². The number of carbonyl (C=O) groups excluding carboxylic acids is 1. The second-order valence-corrected chi connectivity index (χ2v) is 6.17. The van der Waals surface area contributed by atoms with Crippen LogP contribution in [0.25, 0.3) is 0 Å². The van der Waals surface area contributed by atoms with Gasteiger partial charge in [0.2, 0.25) is 0 Å². The summed E-state index contributed by atoms with van der Waals surface area (Å²) in [6.45, 7) is 8.46. The number of unbranched alkanes of at least 4 members (excludes halogenated alkanes) is 3. The van der Waals surface area contributed by atoms with Crippen LogP contribution in [-0.4, -0.2) is 50.1 Å². The van der Waals surface area contributed by atoms with E-state index < -0.39 is 0 Å². The van der Waals surface area contributed by atoms with Gasteiger partial charge in [-0.25, -0.2) is 0 Å². The molecule has 0 bridgehead atoms. The van der Waals surface area contributed by atoms with Crippen molar-refractivity contribution in [3.63, 3.8) is 0 Å². The molecular formula is C17H34IN3O2. The van der Waals surface area contributed by atoms with E-state index in [1.165, 1.54) is 20.0 Å². The Hall–Kier alpha value is -0.530. The summed E-state index contributed by atoms with van der Waals surface area (Å²) < 4.78 is 4.64. The van der Waals surface area contributed by atoms with Gasteiger partial charge in [0.25, 0.3) is 0 Å². The van der Waals surface area contributed by atoms with Crippen molar-refractivity contribution in [2.24, 2.45) is 10.9 Å². The highest BCUT2D eigenvalue weighted by Crippen LogP contribution is 2.15. The van der Waals surface area contributed by atoms with Crippen LogP contribution in [0.4, 0.5) is 0 Å². The van der Waals surface area contributed by atoms with Gasteiger partial charge in [0.1, 0.15) is 0 Å². The third-order valence-electron chi connectivity index (χ3n) is 4.07. The number of esters is 1. The van der Waals surface area contributed by atoms with Gasteiger partial charge in [0, 0.05) is 32.6 Å². The van der Waals surface area contributed by atoms with E-state index in [0.717, 1.165) is 63.7 Å². The maximum absolute atomic E-state index is 11.0. The molecule has 5 nitrogen and oxygen atoms in total. The number of nitrogens with one attached hydrogen (secondary N) is 1. The van der Waals surface area contributed by atoms with Gasteiger partial charge in [0.05, 0.1) is 7.11 Å². The minimum Gasteiger partial charge on any atom is -0.469 e. The molecule has 0 aromatic carbocycles. The lowest BCUT2D eigenvalue weighted by Gasteiger charge is -2.33. The Balaban J connectivity index is 0.00000484. The molecule has 0 spiro atoms. The van der Waals surface area contributed by atoms with Crippen molar-refractivity contribution in [1.29, 1.82) is 0 Å². The van der Waals surface area contributed by atoms with Crippen molar-refractivity contribution in [2.75, 3.05) is 33.3 Å². The average molecular weight is 439 g/mol. The lowest BCUT2D eigenvalue weighted by molar-refractivity contribution is -0.140. The standard InChI is InChI=1S/C17H33N3O2.HI/c1-4-18-17(20-13-9-10-15(2)14-20)19-12-8-6-5-7-11-16(21)22-3;/h15H,4-14H2,1-3H3,(H,18,19);1H. The first-order valence-electron chi connectivity index (χ1n) is 8.77. The Morgan fingerprint density at radius 3 is 2.70 bits per heavy atom. The molecule has 1 fully saturated rings. The quantitative estimate of drug-likeness (QED) is 0.207. The molecular weight excluding hydrogens is 405 g/mol. The van der Waals surface area contributed by atoms with Crippen LogP contribution >= 0.6 is 24.0 Å². The number of methoxy groups -OCH3 is 1. The maximum atomic E-state index is 11.0. The van der Waals surface area contributed by atoms with Crippen molar-refractivity contribution in [3.8, 4) is 0 Å². The molecule has 1 heterocycles. The van der Waals surface area contributed by atoms with Gasteiger partial charge < -0.3 is 15.0 Å². The summed E-state index contributed by atoms with van der Waals surface area (Å²) >= 11 is 0. The van der Waals surface area contributed by atoms with Crippen molar-refractivity contribution < 1.29 is 9.53 Å². The lowest BCUT2D eigenvalue weighted by Crippen LogP contribution is -2.46. The highest BCUT2D eigenvalue weighted by Gasteiger charge is 2.18. The van der Waals surface area contributed by atoms with Crippen LogP contribution in [0.5, 0.6) is 0 Å². The minimum absolute atomic E-state index is 0. The third-order valence-corrected chi connectivity index (χ3v) is 4.07. The average Bonchev–Trinajstić information content (AvgIpc) is 2.52. The van der Waals surface area contributed by atoms with Crippen LogP contribution in [0.15, 0.2) is 4.99 Å². The van der Waals surface area contributed by atoms with E-state index in [1.807, 2.05) is 0 Å². The molecule has 1 atom stereocenters. The number of likely N-dealkylation sites (tertiary alicyclic amines) is 1. The number of piperidine rings is 1. The number of carbonyl (C=O) groups is 1. The highest BCUT2D eigenvalue weighted by molar-refractivity contribution is 14.0. The predicted molar refractivity (Wildman–Crippen MR) is 106 cm³/mol. The van der Waals surface area contributed by atoms with E-state index in [4.69, 9.17) is 4.99 Å². The van der Waals surface area contributed by atoms with E-state index >= 15 is 0 Å².